The van der Waals surface area contributed by atoms with Crippen molar-refractivity contribution < 1.29 is 4.79 Å². The Morgan fingerprint density at radius 3 is 2.92 bits per heavy atom. The number of hydrogen-bond donors (Lipinski definition) is 1. The van der Waals surface area contributed by atoms with Gasteiger partial charge >= 0.3 is 0 Å². The molecule has 0 saturated heterocycles. The summed E-state index contributed by atoms with van der Waals surface area (Å²) in [5, 5.41) is 0.916. The van der Waals surface area contributed by atoms with Crippen molar-refractivity contribution in [2.24, 2.45) is 0 Å². The van der Waals surface area contributed by atoms with Gasteiger partial charge in [-0.05, 0) is 49.9 Å². The molecule has 0 atom stereocenters. The van der Waals surface area contributed by atoms with Crippen LogP contribution in [0.2, 0.25) is 0 Å². The quantitative estimate of drug-likeness (QED) is 0.727. The molecule has 0 unspecified atom stereocenters. The number of benzene rings is 1. The molecule has 0 aliphatic carbocycles. The third kappa shape index (κ3) is 2.27. The predicted octanol–water partition coefficient (Wildman–Crippen LogP) is 4.09. The van der Waals surface area contributed by atoms with E-state index in [0.717, 1.165) is 46.5 Å². The molecule has 0 saturated carbocycles. The molecule has 3 aromatic rings. The summed E-state index contributed by atoms with van der Waals surface area (Å²) in [7, 11) is 0. The summed E-state index contributed by atoms with van der Waals surface area (Å²) in [6.07, 6.45) is 1.99. The van der Waals surface area contributed by atoms with Crippen molar-refractivity contribution >= 4 is 38.8 Å². The number of thiophene rings is 1. The van der Waals surface area contributed by atoms with Gasteiger partial charge in [0.05, 0.1) is 5.69 Å². The number of carbonyl (C=O) groups is 1. The molecule has 1 aliphatic heterocycles. The molecule has 3 heterocycles. The van der Waals surface area contributed by atoms with E-state index in [1.165, 1.54) is 16.9 Å². The van der Waals surface area contributed by atoms with Crippen LogP contribution in [-0.4, -0.2) is 17.4 Å². The van der Waals surface area contributed by atoms with Crippen LogP contribution in [0.1, 0.15) is 32.9 Å². The Balaban J connectivity index is 1.83. The Morgan fingerprint density at radius 2 is 2.08 bits per heavy atom. The van der Waals surface area contributed by atoms with Crippen molar-refractivity contribution in [1.82, 2.24) is 4.98 Å². The van der Waals surface area contributed by atoms with Gasteiger partial charge in [0.15, 0.2) is 0 Å². The highest BCUT2D eigenvalue weighted by molar-refractivity contribution is 7.21. The molecule has 1 amide bonds. The van der Waals surface area contributed by atoms with Gasteiger partial charge < -0.3 is 10.6 Å². The van der Waals surface area contributed by atoms with Crippen LogP contribution in [-0.2, 0) is 6.42 Å². The summed E-state index contributed by atoms with van der Waals surface area (Å²) in [5.74, 6) is -0.0142. The first-order valence-corrected chi connectivity index (χ1v) is 8.94. The molecule has 5 heteroatoms. The Morgan fingerprint density at radius 1 is 1.29 bits per heavy atom. The van der Waals surface area contributed by atoms with Gasteiger partial charge in [-0.25, -0.2) is 4.98 Å². The Bertz CT molecular complexity index is 961. The normalized spacial score (nSPS) is 14.0. The molecule has 0 fully saturated rings. The minimum atomic E-state index is -0.0142. The van der Waals surface area contributed by atoms with Crippen molar-refractivity contribution in [2.45, 2.75) is 26.7 Å². The smallest absolute Gasteiger partial charge is 0.270 e. The molecule has 4 rings (SSSR count). The van der Waals surface area contributed by atoms with Crippen molar-refractivity contribution in [1.29, 1.82) is 0 Å². The maximum Gasteiger partial charge on any atom is 0.270 e. The molecule has 24 heavy (non-hydrogen) atoms. The number of hydrogen-bond acceptors (Lipinski definition) is 4. The lowest BCUT2D eigenvalue weighted by Gasteiger charge is -2.29. The summed E-state index contributed by atoms with van der Waals surface area (Å²) in [4.78, 5) is 21.0. The van der Waals surface area contributed by atoms with Gasteiger partial charge in [-0.1, -0.05) is 18.2 Å². The fraction of sp³-hybridized carbons (Fsp3) is 0.263. The number of carbonyl (C=O) groups excluding carboxylic acids is 1. The average molecular weight is 337 g/mol. The number of nitrogens with zero attached hydrogens (tertiary/aromatic N) is 2. The van der Waals surface area contributed by atoms with E-state index in [1.54, 1.807) is 0 Å². The number of aryl methyl sites for hydroxylation is 3. The predicted molar refractivity (Wildman–Crippen MR) is 99.9 cm³/mol. The average Bonchev–Trinajstić information content (AvgIpc) is 2.90. The molecule has 0 bridgehead atoms. The van der Waals surface area contributed by atoms with Gasteiger partial charge in [-0.15, -0.1) is 11.3 Å². The van der Waals surface area contributed by atoms with E-state index in [9.17, 15) is 4.79 Å². The second kappa shape index (κ2) is 5.60. The number of aromatic nitrogens is 1. The monoisotopic (exact) mass is 337 g/mol. The van der Waals surface area contributed by atoms with E-state index >= 15 is 0 Å². The fourth-order valence-electron chi connectivity index (χ4n) is 3.50. The SMILES string of the molecule is Cc1cc(C)c2c(N)c(C(=O)N3CCCc4ccccc43)sc2n1. The summed E-state index contributed by atoms with van der Waals surface area (Å²) >= 11 is 1.40. The van der Waals surface area contributed by atoms with Gasteiger partial charge in [0.2, 0.25) is 0 Å². The molecule has 1 aromatic carbocycles. The summed E-state index contributed by atoms with van der Waals surface area (Å²) < 4.78 is 0. The minimum absolute atomic E-state index is 0.0142. The number of pyridine rings is 1. The number of nitrogens with two attached hydrogens (primary N) is 1. The highest BCUT2D eigenvalue weighted by atomic mass is 32.1. The van der Waals surface area contributed by atoms with E-state index in [-0.39, 0.29) is 5.91 Å². The molecule has 1 aliphatic rings. The first-order chi connectivity index (χ1) is 11.6. The zero-order valence-electron chi connectivity index (χ0n) is 13.8. The zero-order valence-corrected chi connectivity index (χ0v) is 14.6. The first kappa shape index (κ1) is 15.1. The van der Waals surface area contributed by atoms with E-state index in [2.05, 4.69) is 11.1 Å². The number of fused-ring (bicyclic) bond motifs is 2. The van der Waals surface area contributed by atoms with E-state index < -0.39 is 0 Å². The number of rotatable bonds is 1. The lowest BCUT2D eigenvalue weighted by Crippen LogP contribution is -2.35. The maximum atomic E-state index is 13.2. The summed E-state index contributed by atoms with van der Waals surface area (Å²) in [6, 6.07) is 10.1. The largest absolute Gasteiger partial charge is 0.397 e. The maximum absolute atomic E-state index is 13.2. The summed E-state index contributed by atoms with van der Waals surface area (Å²) in [5.41, 5.74) is 11.2. The fourth-order valence-corrected chi connectivity index (χ4v) is 4.66. The third-order valence-corrected chi connectivity index (χ3v) is 5.66. The van der Waals surface area contributed by atoms with Crippen LogP contribution in [0.4, 0.5) is 11.4 Å². The van der Waals surface area contributed by atoms with E-state index in [4.69, 9.17) is 5.73 Å². The molecule has 0 spiro atoms. The van der Waals surface area contributed by atoms with Crippen molar-refractivity contribution in [3.63, 3.8) is 0 Å². The van der Waals surface area contributed by atoms with Crippen LogP contribution in [0.5, 0.6) is 0 Å². The molecule has 122 valence electrons. The van der Waals surface area contributed by atoms with Gasteiger partial charge in [0.25, 0.3) is 5.91 Å². The molecule has 2 aromatic heterocycles. The molecule has 4 nitrogen and oxygen atoms in total. The molecule has 2 N–H and O–H groups in total. The van der Waals surface area contributed by atoms with Gasteiger partial charge in [0, 0.05) is 23.3 Å². The highest BCUT2D eigenvalue weighted by Crippen LogP contribution is 2.37. The van der Waals surface area contributed by atoms with Crippen LogP contribution in [0.15, 0.2) is 30.3 Å². The lowest BCUT2D eigenvalue weighted by atomic mass is 10.0. The van der Waals surface area contributed by atoms with E-state index in [1.807, 2.05) is 43.0 Å². The Kier molecular flexibility index (Phi) is 3.53. The van der Waals surface area contributed by atoms with Gasteiger partial charge in [0.1, 0.15) is 9.71 Å². The van der Waals surface area contributed by atoms with Crippen molar-refractivity contribution in [3.05, 3.63) is 52.0 Å². The van der Waals surface area contributed by atoms with Crippen LogP contribution in [0, 0.1) is 13.8 Å². The first-order valence-electron chi connectivity index (χ1n) is 8.12. The molecule has 0 radical (unpaired) electrons. The number of amides is 1. The summed E-state index contributed by atoms with van der Waals surface area (Å²) in [6.45, 7) is 4.71. The third-order valence-electron chi connectivity index (χ3n) is 4.57. The lowest BCUT2D eigenvalue weighted by molar-refractivity contribution is 0.0990. The van der Waals surface area contributed by atoms with Crippen LogP contribution >= 0.6 is 11.3 Å². The van der Waals surface area contributed by atoms with Gasteiger partial charge in [-0.2, -0.15) is 0 Å². The van der Waals surface area contributed by atoms with E-state index in [0.29, 0.717) is 10.6 Å². The second-order valence-electron chi connectivity index (χ2n) is 6.29. The second-order valence-corrected chi connectivity index (χ2v) is 7.29. The van der Waals surface area contributed by atoms with Crippen molar-refractivity contribution in [2.75, 3.05) is 17.2 Å². The number of anilines is 2. The molecular weight excluding hydrogens is 318 g/mol. The topological polar surface area (TPSA) is 59.2 Å². The van der Waals surface area contributed by atoms with Crippen molar-refractivity contribution in [3.8, 4) is 0 Å². The number of nitrogen functional groups attached to an aromatic ring is 1. The highest BCUT2D eigenvalue weighted by Gasteiger charge is 2.27. The Hall–Kier alpha value is -2.40. The van der Waals surface area contributed by atoms with Crippen LogP contribution in [0.25, 0.3) is 10.2 Å². The standard InChI is InChI=1S/C19H19N3OS/c1-11-10-12(2)21-18-15(11)16(20)17(24-18)19(23)22-9-5-7-13-6-3-4-8-14(13)22/h3-4,6,8,10H,5,7,9,20H2,1-2H3. The zero-order chi connectivity index (χ0) is 16.8. The molecular formula is C19H19N3OS. The Labute approximate surface area is 144 Å². The van der Waals surface area contributed by atoms with Crippen LogP contribution < -0.4 is 10.6 Å². The van der Waals surface area contributed by atoms with Gasteiger partial charge in [-0.3, -0.25) is 4.79 Å². The minimum Gasteiger partial charge on any atom is -0.397 e. The number of para-hydroxylation sites is 1. The van der Waals surface area contributed by atoms with Crippen LogP contribution in [0.3, 0.4) is 0 Å².